The Morgan fingerprint density at radius 3 is 2.61 bits per heavy atom. The Hall–Kier alpha value is -4.01. The zero-order valence-electron chi connectivity index (χ0n) is 14.9. The molecule has 0 saturated carbocycles. The molecule has 0 fully saturated rings. The minimum atomic E-state index is -0.901. The van der Waals surface area contributed by atoms with Gasteiger partial charge in [-0.05, 0) is 36.8 Å². The molecule has 0 aliphatic carbocycles. The minimum Gasteiger partial charge on any atom is -0.426 e. The molecule has 0 aliphatic heterocycles. The first-order valence-corrected chi connectivity index (χ1v) is 8.07. The van der Waals surface area contributed by atoms with Crippen molar-refractivity contribution >= 4 is 28.5 Å². The summed E-state index contributed by atoms with van der Waals surface area (Å²) in [7, 11) is 0. The van der Waals surface area contributed by atoms with E-state index in [1.165, 1.54) is 37.4 Å². The number of fused-ring (bicyclic) bond motifs is 1. The third kappa shape index (κ3) is 3.73. The van der Waals surface area contributed by atoms with Crippen molar-refractivity contribution in [3.05, 3.63) is 69.9 Å². The zero-order valence-corrected chi connectivity index (χ0v) is 14.9. The molecule has 0 spiro atoms. The van der Waals surface area contributed by atoms with E-state index < -0.39 is 16.9 Å². The van der Waals surface area contributed by atoms with Crippen molar-refractivity contribution in [1.29, 1.82) is 0 Å². The fourth-order valence-electron chi connectivity index (χ4n) is 2.58. The van der Waals surface area contributed by atoms with E-state index in [2.05, 4.69) is 4.98 Å². The fraction of sp³-hybridized carbons (Fsp3) is 0.105. The second kappa shape index (κ2) is 7.70. The standard InChI is InChI=1S/C19H14N2O7/c1-11-5-3-6-14(18(11)26-12(2)22)19(23)28-27-16-9-8-15(21(24)25)13-7-4-10-20-17(13)16/h3-10H,1-2H3. The van der Waals surface area contributed by atoms with Crippen molar-refractivity contribution < 1.29 is 29.0 Å². The van der Waals surface area contributed by atoms with E-state index in [0.717, 1.165) is 0 Å². The summed E-state index contributed by atoms with van der Waals surface area (Å²) in [4.78, 5) is 48.3. The summed E-state index contributed by atoms with van der Waals surface area (Å²) in [6.07, 6.45) is 1.43. The van der Waals surface area contributed by atoms with E-state index in [4.69, 9.17) is 14.5 Å². The fourth-order valence-corrected chi connectivity index (χ4v) is 2.58. The van der Waals surface area contributed by atoms with Gasteiger partial charge in [-0.3, -0.25) is 24.8 Å². The normalized spacial score (nSPS) is 10.4. The number of nitrogens with zero attached hydrogens (tertiary/aromatic N) is 2. The largest absolute Gasteiger partial charge is 0.426 e. The van der Waals surface area contributed by atoms with Crippen molar-refractivity contribution in [3.63, 3.8) is 0 Å². The summed E-state index contributed by atoms with van der Waals surface area (Å²) < 4.78 is 5.08. The molecule has 3 aromatic rings. The summed E-state index contributed by atoms with van der Waals surface area (Å²) in [5, 5.41) is 11.4. The molecule has 0 unspecified atom stereocenters. The van der Waals surface area contributed by atoms with Crippen LogP contribution in [0.15, 0.2) is 48.7 Å². The number of aromatic nitrogens is 1. The summed E-state index contributed by atoms with van der Waals surface area (Å²) in [6.45, 7) is 2.89. The van der Waals surface area contributed by atoms with Crippen LogP contribution in [0.25, 0.3) is 10.9 Å². The molecule has 0 amide bonds. The Labute approximate surface area is 158 Å². The number of non-ortho nitro benzene ring substituents is 1. The van der Waals surface area contributed by atoms with Crippen molar-refractivity contribution in [1.82, 2.24) is 4.98 Å². The van der Waals surface area contributed by atoms with Gasteiger partial charge < -0.3 is 4.74 Å². The number of aryl methyl sites for hydroxylation is 1. The Bertz CT molecular complexity index is 1090. The average Bonchev–Trinajstić information content (AvgIpc) is 2.66. The molecule has 9 heteroatoms. The number of carbonyl (C=O) groups is 2. The van der Waals surface area contributed by atoms with Crippen molar-refractivity contribution in [2.24, 2.45) is 0 Å². The van der Waals surface area contributed by atoms with Gasteiger partial charge in [0, 0.05) is 19.2 Å². The molecular formula is C19H14N2O7. The molecule has 1 aromatic heterocycles. The zero-order chi connectivity index (χ0) is 20.3. The van der Waals surface area contributed by atoms with Crippen molar-refractivity contribution in [2.75, 3.05) is 0 Å². The van der Waals surface area contributed by atoms with Crippen LogP contribution in [0.2, 0.25) is 0 Å². The number of pyridine rings is 1. The second-order valence-electron chi connectivity index (χ2n) is 5.74. The van der Waals surface area contributed by atoms with Gasteiger partial charge in [0.15, 0.2) is 0 Å². The molecule has 1 heterocycles. The van der Waals surface area contributed by atoms with E-state index in [-0.39, 0.29) is 33.7 Å². The number of rotatable bonds is 5. The molecule has 9 nitrogen and oxygen atoms in total. The van der Waals surface area contributed by atoms with E-state index in [9.17, 15) is 19.7 Å². The summed E-state index contributed by atoms with van der Waals surface area (Å²) in [5.74, 6) is -1.40. The third-order valence-corrected chi connectivity index (χ3v) is 3.79. The molecule has 0 bridgehead atoms. The molecule has 0 aliphatic rings. The van der Waals surface area contributed by atoms with Crippen molar-refractivity contribution in [3.8, 4) is 11.5 Å². The highest BCUT2D eigenvalue weighted by molar-refractivity contribution is 5.94. The van der Waals surface area contributed by atoms with Gasteiger partial charge in [-0.2, -0.15) is 0 Å². The van der Waals surface area contributed by atoms with E-state index >= 15 is 0 Å². The smallest absolute Gasteiger partial charge is 0.389 e. The van der Waals surface area contributed by atoms with Crippen LogP contribution in [-0.2, 0) is 9.68 Å². The number of ether oxygens (including phenoxy) is 1. The SMILES string of the molecule is CC(=O)Oc1c(C)cccc1C(=O)OOc1ccc([N+](=O)[O-])c2cccnc12. The number of para-hydroxylation sites is 1. The van der Waals surface area contributed by atoms with E-state index in [1.54, 1.807) is 25.1 Å². The van der Waals surface area contributed by atoms with Crippen LogP contribution in [0.4, 0.5) is 5.69 Å². The first kappa shape index (κ1) is 18.8. The molecule has 0 radical (unpaired) electrons. The first-order chi connectivity index (χ1) is 13.4. The quantitative estimate of drug-likeness (QED) is 0.216. The maximum absolute atomic E-state index is 12.4. The lowest BCUT2D eigenvalue weighted by atomic mass is 10.1. The van der Waals surface area contributed by atoms with E-state index in [0.29, 0.717) is 5.56 Å². The Balaban J connectivity index is 1.89. The number of hydrogen-bond donors (Lipinski definition) is 0. The third-order valence-electron chi connectivity index (χ3n) is 3.79. The maximum atomic E-state index is 12.4. The lowest BCUT2D eigenvalue weighted by Crippen LogP contribution is -2.13. The predicted molar refractivity (Wildman–Crippen MR) is 96.9 cm³/mol. The second-order valence-corrected chi connectivity index (χ2v) is 5.74. The summed E-state index contributed by atoms with van der Waals surface area (Å²) >= 11 is 0. The van der Waals surface area contributed by atoms with Gasteiger partial charge in [0.1, 0.15) is 16.8 Å². The highest BCUT2D eigenvalue weighted by Crippen LogP contribution is 2.32. The van der Waals surface area contributed by atoms with Gasteiger partial charge >= 0.3 is 11.9 Å². The summed E-state index contributed by atoms with van der Waals surface area (Å²) in [6, 6.07) is 10.3. The highest BCUT2D eigenvalue weighted by atomic mass is 17.2. The molecule has 3 rings (SSSR count). The predicted octanol–water partition coefficient (Wildman–Crippen LogP) is 3.53. The number of nitro benzene ring substituents is 1. The Kier molecular flexibility index (Phi) is 5.16. The topological polar surface area (TPSA) is 118 Å². The lowest BCUT2D eigenvalue weighted by Gasteiger charge is -2.11. The van der Waals surface area contributed by atoms with Gasteiger partial charge in [0.25, 0.3) is 5.69 Å². The van der Waals surface area contributed by atoms with Gasteiger partial charge in [-0.1, -0.05) is 12.1 Å². The number of nitro groups is 1. The van der Waals surface area contributed by atoms with Crippen LogP contribution in [0.5, 0.6) is 11.5 Å². The molecule has 0 atom stereocenters. The van der Waals surface area contributed by atoms with Gasteiger partial charge in [-0.15, -0.1) is 0 Å². The summed E-state index contributed by atoms with van der Waals surface area (Å²) in [5.41, 5.74) is 0.563. The Morgan fingerprint density at radius 1 is 1.11 bits per heavy atom. The van der Waals surface area contributed by atoms with Crippen LogP contribution in [0.1, 0.15) is 22.8 Å². The highest BCUT2D eigenvalue weighted by Gasteiger charge is 2.21. The minimum absolute atomic E-state index is 0.00521. The lowest BCUT2D eigenvalue weighted by molar-refractivity contribution is -0.383. The number of benzene rings is 2. The number of carbonyl (C=O) groups excluding carboxylic acids is 2. The first-order valence-electron chi connectivity index (χ1n) is 8.07. The van der Waals surface area contributed by atoms with Crippen molar-refractivity contribution in [2.45, 2.75) is 13.8 Å². The molecule has 142 valence electrons. The van der Waals surface area contributed by atoms with Crippen LogP contribution < -0.4 is 9.62 Å². The molecule has 0 N–H and O–H groups in total. The average molecular weight is 382 g/mol. The van der Waals surface area contributed by atoms with E-state index in [1.807, 2.05) is 0 Å². The maximum Gasteiger partial charge on any atom is 0.389 e. The van der Waals surface area contributed by atoms with Crippen LogP contribution in [0.3, 0.4) is 0 Å². The number of hydrogen-bond acceptors (Lipinski definition) is 8. The molecule has 2 aromatic carbocycles. The van der Waals surface area contributed by atoms with Crippen LogP contribution in [-0.4, -0.2) is 21.8 Å². The molecule has 28 heavy (non-hydrogen) atoms. The molecular weight excluding hydrogens is 368 g/mol. The Morgan fingerprint density at radius 2 is 1.89 bits per heavy atom. The van der Waals surface area contributed by atoms with Gasteiger partial charge in [0.05, 0.1) is 10.3 Å². The van der Waals surface area contributed by atoms with Crippen LogP contribution >= 0.6 is 0 Å². The monoisotopic (exact) mass is 382 g/mol. The van der Waals surface area contributed by atoms with Gasteiger partial charge in [-0.25, -0.2) is 9.68 Å². The van der Waals surface area contributed by atoms with Crippen LogP contribution in [0, 0.1) is 17.0 Å². The number of esters is 1. The molecule has 0 saturated heterocycles. The van der Waals surface area contributed by atoms with Gasteiger partial charge in [0.2, 0.25) is 5.75 Å².